The van der Waals surface area contributed by atoms with Gasteiger partial charge in [0.2, 0.25) is 5.78 Å². The number of carbonyl (C=O) groups is 2. The standard InChI is InChI=1S/C13H11ClF3NO4S/c14-7-3-4-9(8(6-7)13(15,16)17)18-12(20)11(19)10-2-1-5-23(10,21)22/h3-4,6,10H,1-2,5H2,(H,18,20)/t10-/m1/s1. The molecule has 0 saturated carbocycles. The molecule has 1 aliphatic rings. The smallest absolute Gasteiger partial charge is 0.319 e. The number of anilines is 1. The Morgan fingerprint density at radius 1 is 1.26 bits per heavy atom. The van der Waals surface area contributed by atoms with Crippen LogP contribution >= 0.6 is 11.6 Å². The van der Waals surface area contributed by atoms with E-state index in [2.05, 4.69) is 0 Å². The number of rotatable bonds is 3. The third kappa shape index (κ3) is 3.84. The minimum absolute atomic E-state index is 0.0126. The maximum Gasteiger partial charge on any atom is 0.418 e. The third-order valence-electron chi connectivity index (χ3n) is 3.38. The Morgan fingerprint density at radius 2 is 1.91 bits per heavy atom. The van der Waals surface area contributed by atoms with Crippen LogP contribution in [0.5, 0.6) is 0 Å². The largest absolute Gasteiger partial charge is 0.418 e. The minimum atomic E-state index is -4.80. The normalized spacial score (nSPS) is 20.3. The van der Waals surface area contributed by atoms with Crippen molar-refractivity contribution in [1.82, 2.24) is 0 Å². The van der Waals surface area contributed by atoms with Crippen molar-refractivity contribution in [2.45, 2.75) is 24.3 Å². The first-order valence-electron chi connectivity index (χ1n) is 6.46. The topological polar surface area (TPSA) is 80.3 Å². The van der Waals surface area contributed by atoms with Crippen LogP contribution in [-0.2, 0) is 25.6 Å². The van der Waals surface area contributed by atoms with Gasteiger partial charge in [0.15, 0.2) is 9.84 Å². The summed E-state index contributed by atoms with van der Waals surface area (Å²) in [6, 6.07) is 2.62. The van der Waals surface area contributed by atoms with Gasteiger partial charge in [-0.3, -0.25) is 9.59 Å². The summed E-state index contributed by atoms with van der Waals surface area (Å²) in [6.07, 6.45) is -4.57. The van der Waals surface area contributed by atoms with Gasteiger partial charge in [-0.1, -0.05) is 11.6 Å². The molecule has 1 N–H and O–H groups in total. The number of hydrogen-bond acceptors (Lipinski definition) is 4. The summed E-state index contributed by atoms with van der Waals surface area (Å²) in [5, 5.41) is 0.137. The van der Waals surface area contributed by atoms with Gasteiger partial charge < -0.3 is 5.32 Å². The third-order valence-corrected chi connectivity index (χ3v) is 5.79. The van der Waals surface area contributed by atoms with Gasteiger partial charge in [0.25, 0.3) is 5.91 Å². The Labute approximate surface area is 134 Å². The number of halogens is 4. The molecule has 0 aromatic heterocycles. The summed E-state index contributed by atoms with van der Waals surface area (Å²) in [6.45, 7) is 0. The second kappa shape index (κ2) is 6.12. The SMILES string of the molecule is O=C(Nc1ccc(Cl)cc1C(F)(F)F)C(=O)[C@H]1CCCS1(=O)=O. The number of sulfone groups is 1. The molecule has 23 heavy (non-hydrogen) atoms. The Morgan fingerprint density at radius 3 is 2.43 bits per heavy atom. The molecule has 1 aliphatic heterocycles. The first kappa shape index (κ1) is 17.7. The van der Waals surface area contributed by atoms with E-state index in [9.17, 15) is 31.2 Å². The van der Waals surface area contributed by atoms with Gasteiger partial charge in [-0.05, 0) is 31.0 Å². The van der Waals surface area contributed by atoms with Crippen molar-refractivity contribution >= 4 is 38.8 Å². The highest BCUT2D eigenvalue weighted by atomic mass is 35.5. The van der Waals surface area contributed by atoms with Crippen LogP contribution in [0.2, 0.25) is 5.02 Å². The second-order valence-corrected chi connectivity index (χ2v) is 7.74. The molecule has 126 valence electrons. The Balaban J connectivity index is 2.26. The van der Waals surface area contributed by atoms with E-state index in [0.29, 0.717) is 6.07 Å². The average Bonchev–Trinajstić information content (AvgIpc) is 2.78. The number of alkyl halides is 3. The van der Waals surface area contributed by atoms with E-state index >= 15 is 0 Å². The Hall–Kier alpha value is -1.61. The molecular formula is C13H11ClF3NO4S. The van der Waals surface area contributed by atoms with E-state index in [1.54, 1.807) is 0 Å². The van der Waals surface area contributed by atoms with E-state index in [1.807, 2.05) is 5.32 Å². The summed E-state index contributed by atoms with van der Waals surface area (Å²) in [5.41, 5.74) is -1.88. The van der Waals surface area contributed by atoms with Crippen molar-refractivity contribution in [2.75, 3.05) is 11.1 Å². The van der Waals surface area contributed by atoms with Crippen molar-refractivity contribution in [1.29, 1.82) is 0 Å². The van der Waals surface area contributed by atoms with Crippen molar-refractivity contribution in [2.24, 2.45) is 0 Å². The molecule has 1 heterocycles. The van der Waals surface area contributed by atoms with E-state index in [4.69, 9.17) is 11.6 Å². The molecule has 5 nitrogen and oxygen atoms in total. The molecule has 1 fully saturated rings. The zero-order chi connectivity index (χ0) is 17.4. The lowest BCUT2D eigenvalue weighted by molar-refractivity contribution is -0.137. The van der Waals surface area contributed by atoms with Crippen LogP contribution < -0.4 is 5.32 Å². The highest BCUT2D eigenvalue weighted by molar-refractivity contribution is 7.93. The summed E-state index contributed by atoms with van der Waals surface area (Å²) < 4.78 is 62.0. The quantitative estimate of drug-likeness (QED) is 0.830. The molecule has 2 rings (SSSR count). The predicted octanol–water partition coefficient (Wildman–Crippen LogP) is 2.44. The zero-order valence-corrected chi connectivity index (χ0v) is 13.1. The van der Waals surface area contributed by atoms with Gasteiger partial charge in [0.05, 0.1) is 17.0 Å². The molecule has 1 amide bonds. The lowest BCUT2D eigenvalue weighted by atomic mass is 10.1. The summed E-state index contributed by atoms with van der Waals surface area (Å²) in [5.74, 6) is -2.87. The molecule has 10 heteroatoms. The average molecular weight is 370 g/mol. The van der Waals surface area contributed by atoms with E-state index < -0.39 is 44.2 Å². The molecule has 0 bridgehead atoms. The van der Waals surface area contributed by atoms with Crippen LogP contribution in [-0.4, -0.2) is 31.1 Å². The first-order valence-corrected chi connectivity index (χ1v) is 8.55. The number of carbonyl (C=O) groups excluding carboxylic acids is 2. The number of ketones is 1. The molecule has 0 spiro atoms. The summed E-state index contributed by atoms with van der Waals surface area (Å²) >= 11 is 5.50. The summed E-state index contributed by atoms with van der Waals surface area (Å²) in [7, 11) is -3.72. The van der Waals surface area contributed by atoms with E-state index in [1.165, 1.54) is 0 Å². The molecule has 1 atom stereocenters. The van der Waals surface area contributed by atoms with Crippen molar-refractivity contribution in [3.8, 4) is 0 Å². The zero-order valence-electron chi connectivity index (χ0n) is 11.5. The number of benzene rings is 1. The van der Waals surface area contributed by atoms with Gasteiger partial charge in [0.1, 0.15) is 5.25 Å². The van der Waals surface area contributed by atoms with Crippen LogP contribution in [0.25, 0.3) is 0 Å². The number of amides is 1. The molecule has 0 radical (unpaired) electrons. The highest BCUT2D eigenvalue weighted by Gasteiger charge is 2.41. The van der Waals surface area contributed by atoms with Gasteiger partial charge in [-0.25, -0.2) is 8.42 Å². The van der Waals surface area contributed by atoms with Crippen molar-refractivity contribution in [3.05, 3.63) is 28.8 Å². The lowest BCUT2D eigenvalue weighted by Gasteiger charge is -2.14. The van der Waals surface area contributed by atoms with Crippen LogP contribution in [0.4, 0.5) is 18.9 Å². The van der Waals surface area contributed by atoms with Crippen molar-refractivity contribution in [3.63, 3.8) is 0 Å². The fourth-order valence-corrected chi connectivity index (χ4v) is 4.26. The van der Waals surface area contributed by atoms with Gasteiger partial charge in [0, 0.05) is 5.02 Å². The molecule has 0 unspecified atom stereocenters. The molecule has 1 saturated heterocycles. The molecule has 1 aromatic carbocycles. The Bertz CT molecular complexity index is 761. The Kier molecular flexibility index (Phi) is 4.72. The monoisotopic (exact) mass is 369 g/mol. The molecule has 0 aliphatic carbocycles. The minimum Gasteiger partial charge on any atom is -0.319 e. The van der Waals surface area contributed by atoms with Crippen LogP contribution in [0.15, 0.2) is 18.2 Å². The van der Waals surface area contributed by atoms with Crippen LogP contribution in [0.3, 0.4) is 0 Å². The van der Waals surface area contributed by atoms with Crippen LogP contribution in [0.1, 0.15) is 18.4 Å². The van der Waals surface area contributed by atoms with E-state index in [-0.39, 0.29) is 23.6 Å². The number of nitrogens with one attached hydrogen (secondary N) is 1. The van der Waals surface area contributed by atoms with Crippen LogP contribution in [0, 0.1) is 0 Å². The number of hydrogen-bond donors (Lipinski definition) is 1. The maximum absolute atomic E-state index is 12.9. The van der Waals surface area contributed by atoms with E-state index in [0.717, 1.165) is 12.1 Å². The van der Waals surface area contributed by atoms with Gasteiger partial charge >= 0.3 is 6.18 Å². The fraction of sp³-hybridized carbons (Fsp3) is 0.385. The molecular weight excluding hydrogens is 359 g/mol. The number of Topliss-reactive ketones (excluding diaryl/α,β-unsaturated/α-hetero) is 1. The fourth-order valence-electron chi connectivity index (χ4n) is 2.28. The van der Waals surface area contributed by atoms with Gasteiger partial charge in [-0.15, -0.1) is 0 Å². The first-order chi connectivity index (χ1) is 10.5. The second-order valence-electron chi connectivity index (χ2n) is 5.00. The van der Waals surface area contributed by atoms with Crippen molar-refractivity contribution < 1.29 is 31.2 Å². The molecule has 1 aromatic rings. The predicted molar refractivity (Wildman–Crippen MR) is 76.9 cm³/mol. The maximum atomic E-state index is 12.9. The lowest BCUT2D eigenvalue weighted by Crippen LogP contribution is -2.36. The highest BCUT2D eigenvalue weighted by Crippen LogP contribution is 2.36. The summed E-state index contributed by atoms with van der Waals surface area (Å²) in [4.78, 5) is 23.7. The van der Waals surface area contributed by atoms with Gasteiger partial charge in [-0.2, -0.15) is 13.2 Å².